The summed E-state index contributed by atoms with van der Waals surface area (Å²) in [5.41, 5.74) is 6.22. The van der Waals surface area contributed by atoms with Gasteiger partial charge in [0, 0.05) is 5.56 Å². The highest BCUT2D eigenvalue weighted by atomic mass is 35.5. The molecule has 1 aromatic rings. The van der Waals surface area contributed by atoms with Gasteiger partial charge in [-0.2, -0.15) is 0 Å². The van der Waals surface area contributed by atoms with Crippen LogP contribution in [0.2, 0.25) is 0 Å². The van der Waals surface area contributed by atoms with Crippen LogP contribution < -0.4 is 10.5 Å². The van der Waals surface area contributed by atoms with Crippen LogP contribution in [0, 0.1) is 0 Å². The van der Waals surface area contributed by atoms with Crippen LogP contribution in [0.4, 0.5) is 5.69 Å². The Morgan fingerprint density at radius 3 is 2.80 bits per heavy atom. The van der Waals surface area contributed by atoms with E-state index in [9.17, 15) is 10.2 Å². The maximum atomic E-state index is 9.72. The van der Waals surface area contributed by atoms with E-state index < -0.39 is 12.2 Å². The van der Waals surface area contributed by atoms with E-state index in [2.05, 4.69) is 4.98 Å². The number of nitrogen functional groups attached to an aromatic ring is 1. The molecule has 1 rings (SSSR count). The van der Waals surface area contributed by atoms with Gasteiger partial charge in [-0.3, -0.25) is 0 Å². The normalized spacial score (nSPS) is 14.7. The Morgan fingerprint density at radius 1 is 1.60 bits per heavy atom. The lowest BCUT2D eigenvalue weighted by molar-refractivity contribution is 0.0309. The molecule has 0 aliphatic carbocycles. The Hall–Kier alpha value is -1.04. The van der Waals surface area contributed by atoms with Crippen LogP contribution in [-0.2, 0) is 0 Å². The number of aliphatic hydroxyl groups excluding tert-OH is 2. The zero-order chi connectivity index (χ0) is 11.4. The van der Waals surface area contributed by atoms with Crippen molar-refractivity contribution in [1.82, 2.24) is 4.98 Å². The van der Waals surface area contributed by atoms with E-state index in [1.165, 1.54) is 19.4 Å². The molecule has 4 N–H and O–H groups in total. The third-order valence-electron chi connectivity index (χ3n) is 1.93. The summed E-state index contributed by atoms with van der Waals surface area (Å²) in [5.74, 6) is 0.139. The molecule has 2 unspecified atom stereocenters. The second-order valence-electron chi connectivity index (χ2n) is 3.03. The molecule has 6 heteroatoms. The van der Waals surface area contributed by atoms with Crippen LogP contribution in [-0.4, -0.2) is 34.3 Å². The van der Waals surface area contributed by atoms with Gasteiger partial charge in [0.25, 0.3) is 0 Å². The summed E-state index contributed by atoms with van der Waals surface area (Å²) in [6.45, 7) is 0. The Bertz CT molecular complexity index is 335. The van der Waals surface area contributed by atoms with Crippen molar-refractivity contribution in [3.63, 3.8) is 0 Å². The van der Waals surface area contributed by atoms with E-state index in [1.807, 2.05) is 0 Å². The number of alkyl halides is 1. The average molecular weight is 233 g/mol. The summed E-state index contributed by atoms with van der Waals surface area (Å²) in [6.07, 6.45) is -0.833. The lowest BCUT2D eigenvalue weighted by atomic mass is 10.1. The molecule has 0 radical (unpaired) electrons. The SMILES string of the molecule is COc1ncc(N)cc1C(O)C(O)CCl. The number of hydrogen-bond donors (Lipinski definition) is 3. The summed E-state index contributed by atoms with van der Waals surface area (Å²) >= 11 is 5.43. The molecular weight excluding hydrogens is 220 g/mol. The molecular formula is C9H13ClN2O3. The van der Waals surface area contributed by atoms with Crippen molar-refractivity contribution >= 4 is 17.3 Å². The fourth-order valence-electron chi connectivity index (χ4n) is 1.16. The van der Waals surface area contributed by atoms with Crippen LogP contribution >= 0.6 is 11.6 Å². The van der Waals surface area contributed by atoms with Gasteiger partial charge in [0.05, 0.1) is 31.0 Å². The van der Waals surface area contributed by atoms with Crippen LogP contribution in [0.3, 0.4) is 0 Å². The minimum atomic E-state index is -1.16. The first kappa shape index (κ1) is 12.0. The lowest BCUT2D eigenvalue weighted by Gasteiger charge is -2.17. The van der Waals surface area contributed by atoms with Crippen molar-refractivity contribution in [1.29, 1.82) is 0 Å². The quantitative estimate of drug-likeness (QED) is 0.650. The van der Waals surface area contributed by atoms with Crippen molar-refractivity contribution in [2.24, 2.45) is 0 Å². The maximum absolute atomic E-state index is 9.72. The first-order chi connectivity index (χ1) is 7.10. The molecule has 1 aromatic heterocycles. The number of aliphatic hydroxyl groups is 2. The predicted octanol–water partition coefficient (Wildman–Crippen LogP) is 0.306. The van der Waals surface area contributed by atoms with Crippen LogP contribution in [0.25, 0.3) is 0 Å². The fourth-order valence-corrected chi connectivity index (χ4v) is 1.33. The second kappa shape index (κ2) is 5.16. The number of nitrogens with zero attached hydrogens (tertiary/aromatic N) is 1. The summed E-state index contributed by atoms with van der Waals surface area (Å²) in [7, 11) is 1.42. The molecule has 0 aromatic carbocycles. The standard InChI is InChI=1S/C9H13ClN2O3/c1-15-9-6(2-5(11)4-12-9)8(14)7(13)3-10/h2,4,7-8,13-14H,3,11H2,1H3. The van der Waals surface area contributed by atoms with Crippen LogP contribution in [0.5, 0.6) is 5.88 Å². The highest BCUT2D eigenvalue weighted by Crippen LogP contribution is 2.27. The van der Waals surface area contributed by atoms with Crippen LogP contribution in [0.15, 0.2) is 12.3 Å². The number of anilines is 1. The number of pyridine rings is 1. The highest BCUT2D eigenvalue weighted by Gasteiger charge is 2.22. The van der Waals surface area contributed by atoms with E-state index in [-0.39, 0.29) is 11.8 Å². The molecule has 1 heterocycles. The lowest BCUT2D eigenvalue weighted by Crippen LogP contribution is -2.20. The van der Waals surface area contributed by atoms with E-state index in [0.29, 0.717) is 11.3 Å². The minimum absolute atomic E-state index is 0.0842. The van der Waals surface area contributed by atoms with Crippen molar-refractivity contribution < 1.29 is 14.9 Å². The third-order valence-corrected chi connectivity index (χ3v) is 2.25. The Labute approximate surface area is 92.5 Å². The zero-order valence-electron chi connectivity index (χ0n) is 8.22. The minimum Gasteiger partial charge on any atom is -0.481 e. The largest absolute Gasteiger partial charge is 0.481 e. The van der Waals surface area contributed by atoms with Gasteiger partial charge in [-0.05, 0) is 6.07 Å². The number of halogens is 1. The van der Waals surface area contributed by atoms with E-state index in [4.69, 9.17) is 22.1 Å². The molecule has 5 nitrogen and oxygen atoms in total. The monoisotopic (exact) mass is 232 g/mol. The predicted molar refractivity (Wildman–Crippen MR) is 56.9 cm³/mol. The van der Waals surface area contributed by atoms with E-state index in [0.717, 1.165) is 0 Å². The maximum Gasteiger partial charge on any atom is 0.219 e. The first-order valence-corrected chi connectivity index (χ1v) is 4.85. The number of ether oxygens (including phenoxy) is 1. The number of rotatable bonds is 4. The number of aromatic nitrogens is 1. The molecule has 0 bridgehead atoms. The van der Waals surface area contributed by atoms with E-state index >= 15 is 0 Å². The Morgan fingerprint density at radius 2 is 2.27 bits per heavy atom. The molecule has 2 atom stereocenters. The molecule has 0 saturated carbocycles. The molecule has 0 aliphatic rings. The summed E-state index contributed by atoms with van der Waals surface area (Å²) in [6, 6.07) is 1.49. The van der Waals surface area contributed by atoms with Gasteiger partial charge in [-0.25, -0.2) is 4.98 Å². The van der Waals surface area contributed by atoms with Crippen molar-refractivity contribution in [2.45, 2.75) is 12.2 Å². The third kappa shape index (κ3) is 2.71. The van der Waals surface area contributed by atoms with Crippen LogP contribution in [0.1, 0.15) is 11.7 Å². The zero-order valence-corrected chi connectivity index (χ0v) is 8.98. The summed E-state index contributed by atoms with van der Waals surface area (Å²) in [4.78, 5) is 3.87. The molecule has 0 amide bonds. The summed E-state index contributed by atoms with van der Waals surface area (Å²) < 4.78 is 4.94. The van der Waals surface area contributed by atoms with Gasteiger partial charge in [0.1, 0.15) is 6.10 Å². The Kier molecular flexibility index (Phi) is 4.14. The van der Waals surface area contributed by atoms with Crippen molar-refractivity contribution in [2.75, 3.05) is 18.7 Å². The van der Waals surface area contributed by atoms with Crippen molar-refractivity contribution in [3.05, 3.63) is 17.8 Å². The van der Waals surface area contributed by atoms with Gasteiger partial charge in [0.15, 0.2) is 0 Å². The number of hydrogen-bond acceptors (Lipinski definition) is 5. The molecule has 15 heavy (non-hydrogen) atoms. The highest BCUT2D eigenvalue weighted by molar-refractivity contribution is 6.18. The van der Waals surface area contributed by atoms with E-state index in [1.54, 1.807) is 0 Å². The number of nitrogens with two attached hydrogens (primary N) is 1. The summed E-state index contributed by atoms with van der Waals surface area (Å²) in [5, 5.41) is 19.1. The first-order valence-electron chi connectivity index (χ1n) is 4.31. The van der Waals surface area contributed by atoms with Gasteiger partial charge in [-0.15, -0.1) is 11.6 Å². The molecule has 0 spiro atoms. The average Bonchev–Trinajstić information content (AvgIpc) is 2.27. The van der Waals surface area contributed by atoms with Crippen molar-refractivity contribution in [3.8, 4) is 5.88 Å². The molecule has 84 valence electrons. The smallest absolute Gasteiger partial charge is 0.219 e. The topological polar surface area (TPSA) is 88.6 Å². The molecule has 0 fully saturated rings. The molecule has 0 aliphatic heterocycles. The molecule has 0 saturated heterocycles. The second-order valence-corrected chi connectivity index (χ2v) is 3.34. The fraction of sp³-hybridized carbons (Fsp3) is 0.444. The van der Waals surface area contributed by atoms with Gasteiger partial charge < -0.3 is 20.7 Å². The van der Waals surface area contributed by atoms with Gasteiger partial charge in [0.2, 0.25) is 5.88 Å². The van der Waals surface area contributed by atoms with Gasteiger partial charge in [-0.1, -0.05) is 0 Å². The van der Waals surface area contributed by atoms with Gasteiger partial charge >= 0.3 is 0 Å². The number of methoxy groups -OCH3 is 1. The Balaban J connectivity index is 3.05.